The Morgan fingerprint density at radius 3 is 2.41 bits per heavy atom. The number of carboxylic acids is 1. The molecule has 8 rings (SSSR count). The van der Waals surface area contributed by atoms with Gasteiger partial charge < -0.3 is 29.0 Å². The Morgan fingerprint density at radius 1 is 1.02 bits per heavy atom. The molecular weight excluding hydrogens is 713 g/mol. The minimum Gasteiger partial charge on any atom is -0.548 e. The van der Waals surface area contributed by atoms with E-state index in [4.69, 9.17) is 37.4 Å². The van der Waals surface area contributed by atoms with Crippen molar-refractivity contribution in [2.75, 3.05) is 40.4 Å². The van der Waals surface area contributed by atoms with E-state index in [1.807, 2.05) is 30.3 Å². The molecule has 10 nitrogen and oxygen atoms in total. The Bertz CT molecular complexity index is 1920. The van der Waals surface area contributed by atoms with E-state index in [0.717, 1.165) is 59.6 Å². The van der Waals surface area contributed by atoms with Gasteiger partial charge in [-0.2, -0.15) is 0 Å². The van der Waals surface area contributed by atoms with Crippen molar-refractivity contribution in [2.24, 2.45) is 11.8 Å². The topological polar surface area (TPSA) is 115 Å². The van der Waals surface area contributed by atoms with Crippen LogP contribution in [0.2, 0.25) is 10.0 Å². The van der Waals surface area contributed by atoms with Gasteiger partial charge in [-0.15, -0.1) is 11.3 Å². The molecule has 0 radical (unpaired) electrons. The average Bonchev–Trinajstić information content (AvgIpc) is 3.61. The molecule has 4 aliphatic heterocycles. The predicted molar refractivity (Wildman–Crippen MR) is 189 cm³/mol. The summed E-state index contributed by atoms with van der Waals surface area (Å²) in [4.78, 5) is 33.1. The normalized spacial score (nSPS) is 23.3. The Hall–Kier alpha value is -3.87. The van der Waals surface area contributed by atoms with E-state index in [2.05, 4.69) is 9.80 Å². The Labute approximate surface area is 310 Å². The molecular formula is C38H39Cl2N3O7S. The zero-order chi connectivity index (χ0) is 35.9. The number of aliphatic carboxylic acids is 1. The lowest BCUT2D eigenvalue weighted by Gasteiger charge is -2.59. The van der Waals surface area contributed by atoms with Crippen LogP contribution in [0, 0.1) is 11.8 Å². The number of carbonyl (C=O) groups excluding carboxylic acids is 2. The van der Waals surface area contributed by atoms with Gasteiger partial charge in [-0.3, -0.25) is 10.1 Å². The van der Waals surface area contributed by atoms with E-state index in [1.54, 1.807) is 24.3 Å². The van der Waals surface area contributed by atoms with Crippen molar-refractivity contribution < 1.29 is 38.8 Å². The summed E-state index contributed by atoms with van der Waals surface area (Å²) >= 11 is 14.2. The van der Waals surface area contributed by atoms with E-state index in [-0.39, 0.29) is 28.3 Å². The molecule has 2 aromatic carbocycles. The average molecular weight is 753 g/mol. The van der Waals surface area contributed by atoms with E-state index in [9.17, 15) is 19.9 Å². The van der Waals surface area contributed by atoms with Gasteiger partial charge in [0.05, 0.1) is 25.7 Å². The number of hydrogen-bond acceptors (Lipinski definition) is 10. The van der Waals surface area contributed by atoms with Gasteiger partial charge in [-0.05, 0) is 79.2 Å². The second kappa shape index (κ2) is 14.6. The maximum absolute atomic E-state index is 13.9. The number of ether oxygens (including phenoxy) is 3. The SMILES string of the molecule is COc1ccc([C@H](Cc2c(Cl)c[n+](O)cc2Cl)OC(=O)c2ccc(CN3CCc4ccccc4C3(C(=O)[O-])[C@H]3CN4CCC3CC4)s2)cc1OC. The highest BCUT2D eigenvalue weighted by atomic mass is 35.5. The minimum atomic E-state index is -1.29. The molecule has 3 fully saturated rings. The summed E-state index contributed by atoms with van der Waals surface area (Å²) in [6.07, 6.45) is 4.57. The first kappa shape index (κ1) is 35.5. The van der Waals surface area contributed by atoms with Crippen molar-refractivity contribution in [2.45, 2.75) is 43.9 Å². The van der Waals surface area contributed by atoms with Crippen LogP contribution in [0.3, 0.4) is 0 Å². The van der Waals surface area contributed by atoms with Gasteiger partial charge in [-0.1, -0.05) is 53.5 Å². The van der Waals surface area contributed by atoms with Crippen LogP contribution in [-0.4, -0.2) is 67.3 Å². The Balaban J connectivity index is 1.18. The zero-order valence-electron chi connectivity index (χ0n) is 28.3. The van der Waals surface area contributed by atoms with Gasteiger partial charge in [0.25, 0.3) is 0 Å². The fourth-order valence-electron chi connectivity index (χ4n) is 8.33. The number of benzene rings is 2. The van der Waals surface area contributed by atoms with Crippen molar-refractivity contribution in [1.29, 1.82) is 0 Å². The Morgan fingerprint density at radius 2 is 1.75 bits per heavy atom. The quantitative estimate of drug-likeness (QED) is 0.127. The molecule has 1 N–H and O–H groups in total. The highest BCUT2D eigenvalue weighted by molar-refractivity contribution is 7.13. The maximum Gasteiger partial charge on any atom is 0.348 e. The summed E-state index contributed by atoms with van der Waals surface area (Å²) in [5, 5.41) is 23.9. The van der Waals surface area contributed by atoms with Crippen molar-refractivity contribution in [3.63, 3.8) is 0 Å². The summed E-state index contributed by atoms with van der Waals surface area (Å²) < 4.78 is 17.9. The highest BCUT2D eigenvalue weighted by Crippen LogP contribution is 2.50. The third kappa shape index (κ3) is 6.66. The van der Waals surface area contributed by atoms with Crippen LogP contribution >= 0.6 is 34.5 Å². The van der Waals surface area contributed by atoms with Crippen LogP contribution in [0.25, 0.3) is 0 Å². The number of carbonyl (C=O) groups is 2. The second-order valence-electron chi connectivity index (χ2n) is 13.4. The standard InChI is InChI=1S/C38H39Cl2N3O7S/c1-48-32-9-7-25(17-34(32)49-2)33(18-27-30(39)21-43(47)22-31(27)40)50-36(44)35-10-8-26(51-35)19-42-16-13-23-5-3-4-6-28(23)38(42,37(45)46)29-20-41-14-11-24(29)12-15-41/h3-10,17,21-22,24,29,33H,11-16,18-20H2,1-2H3,(H-,45,46,47)/t29-,33-,38?/m0/s1. The molecule has 4 aromatic rings. The molecule has 0 saturated carbocycles. The predicted octanol–water partition coefficient (Wildman–Crippen LogP) is 5.08. The van der Waals surface area contributed by atoms with Crippen LogP contribution in [0.4, 0.5) is 0 Å². The summed E-state index contributed by atoms with van der Waals surface area (Å²) in [6, 6.07) is 16.7. The van der Waals surface area contributed by atoms with E-state index in [0.29, 0.717) is 40.6 Å². The number of halogens is 2. The fraction of sp³-hybridized carbons (Fsp3) is 0.395. The lowest BCUT2D eigenvalue weighted by molar-refractivity contribution is -0.904. The van der Waals surface area contributed by atoms with Crippen molar-refractivity contribution in [1.82, 2.24) is 9.80 Å². The van der Waals surface area contributed by atoms with Gasteiger partial charge in [-0.25, -0.2) is 4.79 Å². The fourth-order valence-corrected chi connectivity index (χ4v) is 9.84. The van der Waals surface area contributed by atoms with Crippen LogP contribution in [0.5, 0.6) is 11.5 Å². The number of aromatic nitrogens is 1. The van der Waals surface area contributed by atoms with Crippen molar-refractivity contribution in [3.8, 4) is 11.5 Å². The van der Waals surface area contributed by atoms with Crippen molar-refractivity contribution in [3.05, 3.63) is 109 Å². The number of hydrogen-bond donors (Lipinski definition) is 1. The lowest BCUT2D eigenvalue weighted by atomic mass is 9.63. The van der Waals surface area contributed by atoms with Crippen molar-refractivity contribution >= 4 is 46.5 Å². The summed E-state index contributed by atoms with van der Waals surface area (Å²) in [6.45, 7) is 3.61. The molecule has 2 aromatic heterocycles. The molecule has 0 aliphatic carbocycles. The Kier molecular flexibility index (Phi) is 10.2. The molecule has 3 saturated heterocycles. The summed E-state index contributed by atoms with van der Waals surface area (Å²) in [7, 11) is 3.06. The van der Waals surface area contributed by atoms with Gasteiger partial charge in [0.2, 0.25) is 12.4 Å². The minimum absolute atomic E-state index is 0.110. The van der Waals surface area contributed by atoms with Crippen LogP contribution < -0.4 is 19.3 Å². The molecule has 0 amide bonds. The third-order valence-corrected chi connectivity index (χ3v) is 12.5. The van der Waals surface area contributed by atoms with Crippen LogP contribution in [-0.2, 0) is 34.5 Å². The first-order chi connectivity index (χ1) is 24.6. The monoisotopic (exact) mass is 751 g/mol. The summed E-state index contributed by atoms with van der Waals surface area (Å²) in [5.41, 5.74) is 1.70. The molecule has 3 atom stereocenters. The number of piperidine rings is 3. The number of pyridine rings is 1. The van der Waals surface area contributed by atoms with Gasteiger partial charge in [0, 0.05) is 47.1 Å². The molecule has 6 heterocycles. The number of methoxy groups -OCH3 is 2. The molecule has 2 bridgehead atoms. The number of fused-ring (bicyclic) bond motifs is 4. The van der Waals surface area contributed by atoms with Crippen LogP contribution in [0.15, 0.2) is 67.0 Å². The number of esters is 1. The molecule has 4 aliphatic rings. The zero-order valence-corrected chi connectivity index (χ0v) is 30.7. The largest absolute Gasteiger partial charge is 0.548 e. The number of nitrogens with zero attached hydrogens (tertiary/aromatic N) is 3. The van der Waals surface area contributed by atoms with E-state index >= 15 is 0 Å². The van der Waals surface area contributed by atoms with Gasteiger partial charge in [0.1, 0.15) is 21.0 Å². The number of rotatable bonds is 11. The van der Waals surface area contributed by atoms with Gasteiger partial charge >= 0.3 is 5.97 Å². The lowest BCUT2D eigenvalue weighted by Crippen LogP contribution is -2.68. The first-order valence-corrected chi connectivity index (χ1v) is 18.6. The van der Waals surface area contributed by atoms with Gasteiger partial charge in [0.15, 0.2) is 11.5 Å². The molecule has 1 unspecified atom stereocenters. The smallest absolute Gasteiger partial charge is 0.348 e. The second-order valence-corrected chi connectivity index (χ2v) is 15.4. The number of thiophene rings is 1. The maximum atomic E-state index is 13.9. The summed E-state index contributed by atoms with van der Waals surface area (Å²) in [5.74, 6) is -0.479. The molecule has 0 spiro atoms. The molecule has 268 valence electrons. The third-order valence-electron chi connectivity index (χ3n) is 10.8. The number of carboxylic acid groups (broad SMARTS) is 1. The van der Waals surface area contributed by atoms with Crippen LogP contribution in [0.1, 0.15) is 55.7 Å². The highest BCUT2D eigenvalue weighted by Gasteiger charge is 2.54. The molecule has 51 heavy (non-hydrogen) atoms. The first-order valence-electron chi connectivity index (χ1n) is 17.0. The van der Waals surface area contributed by atoms with E-state index in [1.165, 1.54) is 38.0 Å². The molecule has 13 heteroatoms. The van der Waals surface area contributed by atoms with E-state index < -0.39 is 23.6 Å².